The Hall–Kier alpha value is -1.19. The van der Waals surface area contributed by atoms with Crippen molar-refractivity contribution in [3.8, 4) is 0 Å². The van der Waals surface area contributed by atoms with Gasteiger partial charge in [-0.1, -0.05) is 0 Å². The lowest BCUT2D eigenvalue weighted by atomic mass is 9.68. The van der Waals surface area contributed by atoms with Crippen molar-refractivity contribution in [2.24, 2.45) is 17.8 Å². The number of hydrogen-bond donors (Lipinski definition) is 0. The van der Waals surface area contributed by atoms with Crippen LogP contribution in [0.15, 0.2) is 0 Å². The maximum absolute atomic E-state index is 13.2. The molecule has 3 aliphatic carbocycles. The van der Waals surface area contributed by atoms with Crippen LogP contribution in [-0.4, -0.2) is 90.6 Å². The third kappa shape index (κ3) is 4.41. The molecule has 0 N–H and O–H groups in total. The number of ether oxygens (including phenoxy) is 1. The van der Waals surface area contributed by atoms with Gasteiger partial charge in [0, 0.05) is 39.1 Å². The molecule has 0 aromatic carbocycles. The van der Waals surface area contributed by atoms with Crippen LogP contribution in [-0.2, 0) is 24.3 Å². The Kier molecular flexibility index (Phi) is 6.74. The van der Waals surface area contributed by atoms with Crippen molar-refractivity contribution in [2.75, 3.05) is 26.0 Å². The summed E-state index contributed by atoms with van der Waals surface area (Å²) in [7, 11) is -1.49. The van der Waals surface area contributed by atoms with Crippen LogP contribution in [0.5, 0.6) is 0 Å². The molecule has 34 heavy (non-hydrogen) atoms. The second kappa shape index (κ2) is 9.36. The largest absolute Gasteiger partial charge is 0.380 e. The topological polar surface area (TPSA) is 87.2 Å². The lowest BCUT2D eigenvalue weighted by molar-refractivity contribution is -0.155. The second-order valence-corrected chi connectivity index (χ2v) is 13.5. The summed E-state index contributed by atoms with van der Waals surface area (Å²) in [6, 6.07) is 0.157. The zero-order valence-electron chi connectivity index (χ0n) is 20.9. The first kappa shape index (κ1) is 24.5. The van der Waals surface area contributed by atoms with Gasteiger partial charge in [-0.05, 0) is 76.5 Å². The predicted octanol–water partition coefficient (Wildman–Crippen LogP) is 2.23. The van der Waals surface area contributed by atoms with Crippen LogP contribution in [0, 0.1) is 17.8 Å². The number of methoxy groups -OCH3 is 1. The first-order valence-electron chi connectivity index (χ1n) is 13.3. The van der Waals surface area contributed by atoms with Gasteiger partial charge >= 0.3 is 0 Å². The lowest BCUT2D eigenvalue weighted by Crippen LogP contribution is -2.67. The quantitative estimate of drug-likeness (QED) is 0.597. The van der Waals surface area contributed by atoms with Gasteiger partial charge in [0.1, 0.15) is 0 Å². The number of carbonyl (C=O) groups is 2. The highest BCUT2D eigenvalue weighted by molar-refractivity contribution is 7.89. The molecule has 5 aliphatic rings. The fourth-order valence-electron chi connectivity index (χ4n) is 7.63. The Morgan fingerprint density at radius 1 is 0.912 bits per heavy atom. The summed E-state index contributed by atoms with van der Waals surface area (Å²) in [5, 5.41) is 0. The van der Waals surface area contributed by atoms with Gasteiger partial charge in [0.25, 0.3) is 0 Å². The van der Waals surface area contributed by atoms with Crippen molar-refractivity contribution in [3.05, 3.63) is 0 Å². The first-order valence-corrected chi connectivity index (χ1v) is 14.9. The zero-order valence-corrected chi connectivity index (χ0v) is 21.7. The van der Waals surface area contributed by atoms with E-state index in [0.29, 0.717) is 31.3 Å². The van der Waals surface area contributed by atoms with Gasteiger partial charge in [-0.15, -0.1) is 0 Å². The summed E-state index contributed by atoms with van der Waals surface area (Å²) in [6.45, 7) is 4.97. The molecule has 7 atom stereocenters. The number of piperazine rings is 1. The monoisotopic (exact) mass is 495 g/mol. The Balaban J connectivity index is 1.35. The van der Waals surface area contributed by atoms with E-state index in [9.17, 15) is 18.0 Å². The molecule has 5 fully saturated rings. The molecule has 2 heterocycles. The molecule has 192 valence electrons. The molecule has 0 radical (unpaired) electrons. The number of fused-ring (bicyclic) bond motifs is 1. The van der Waals surface area contributed by atoms with Gasteiger partial charge in [-0.2, -0.15) is 4.31 Å². The molecule has 8 nitrogen and oxygen atoms in total. The summed E-state index contributed by atoms with van der Waals surface area (Å²) in [5.41, 5.74) is 0. The van der Waals surface area contributed by atoms with Crippen molar-refractivity contribution in [1.29, 1.82) is 0 Å². The van der Waals surface area contributed by atoms with E-state index in [1.165, 1.54) is 0 Å². The van der Waals surface area contributed by atoms with E-state index in [-0.39, 0.29) is 53.8 Å². The molecule has 0 aromatic heterocycles. The molecular weight excluding hydrogens is 454 g/mol. The van der Waals surface area contributed by atoms with Crippen molar-refractivity contribution in [3.63, 3.8) is 0 Å². The van der Waals surface area contributed by atoms with Crippen LogP contribution in [0.1, 0.15) is 71.6 Å². The molecule has 9 heteroatoms. The molecule has 0 spiro atoms. The zero-order chi connectivity index (χ0) is 24.2. The number of rotatable bonds is 4. The molecule has 3 saturated carbocycles. The maximum atomic E-state index is 13.2. The number of sulfonamides is 1. The SMILES string of the molecule is COC1CCC(C2CCC3C(C2)N(C(=O)C2CC2)C[C@H](C)N3C(C)=O)CC1N1CCCS1(=O)=O. The average Bonchev–Trinajstić information content (AvgIpc) is 3.59. The molecule has 2 amide bonds. The fourth-order valence-corrected chi connectivity index (χ4v) is 9.40. The highest BCUT2D eigenvalue weighted by atomic mass is 32.2. The van der Waals surface area contributed by atoms with Crippen molar-refractivity contribution >= 4 is 21.8 Å². The van der Waals surface area contributed by atoms with Crippen LogP contribution < -0.4 is 0 Å². The van der Waals surface area contributed by atoms with Gasteiger partial charge in [0.05, 0.1) is 30.0 Å². The van der Waals surface area contributed by atoms with Crippen LogP contribution >= 0.6 is 0 Å². The molecule has 0 aromatic rings. The van der Waals surface area contributed by atoms with E-state index in [4.69, 9.17) is 4.74 Å². The Labute approximate surface area is 204 Å². The number of nitrogens with zero attached hydrogens (tertiary/aromatic N) is 3. The second-order valence-electron chi connectivity index (χ2n) is 11.4. The number of hydrogen-bond acceptors (Lipinski definition) is 5. The van der Waals surface area contributed by atoms with Gasteiger partial charge in [0.15, 0.2) is 0 Å². The average molecular weight is 496 g/mol. The van der Waals surface area contributed by atoms with Gasteiger partial charge < -0.3 is 14.5 Å². The molecular formula is C25H41N3O5S. The van der Waals surface area contributed by atoms with Gasteiger partial charge in [0.2, 0.25) is 21.8 Å². The van der Waals surface area contributed by atoms with E-state index in [1.807, 2.05) is 4.90 Å². The summed E-state index contributed by atoms with van der Waals surface area (Å²) < 4.78 is 32.9. The minimum absolute atomic E-state index is 0.0443. The minimum Gasteiger partial charge on any atom is -0.380 e. The molecule has 6 unspecified atom stereocenters. The molecule has 5 rings (SSSR count). The van der Waals surface area contributed by atoms with Crippen LogP contribution in [0.3, 0.4) is 0 Å². The molecule has 2 saturated heterocycles. The highest BCUT2D eigenvalue weighted by Crippen LogP contribution is 2.45. The Bertz CT molecular complexity index is 906. The number of carbonyl (C=O) groups excluding carboxylic acids is 2. The lowest BCUT2D eigenvalue weighted by Gasteiger charge is -2.55. The van der Waals surface area contributed by atoms with Crippen molar-refractivity contribution in [2.45, 2.75) is 102 Å². The van der Waals surface area contributed by atoms with E-state index < -0.39 is 10.0 Å². The predicted molar refractivity (Wildman–Crippen MR) is 128 cm³/mol. The van der Waals surface area contributed by atoms with E-state index in [2.05, 4.69) is 11.8 Å². The molecule has 0 bridgehead atoms. The first-order chi connectivity index (χ1) is 16.2. The molecule has 2 aliphatic heterocycles. The smallest absolute Gasteiger partial charge is 0.226 e. The summed E-state index contributed by atoms with van der Waals surface area (Å²) >= 11 is 0. The summed E-state index contributed by atoms with van der Waals surface area (Å²) in [4.78, 5) is 29.9. The highest BCUT2D eigenvalue weighted by Gasteiger charge is 2.51. The van der Waals surface area contributed by atoms with Gasteiger partial charge in [-0.3, -0.25) is 9.59 Å². The van der Waals surface area contributed by atoms with Crippen molar-refractivity contribution in [1.82, 2.24) is 14.1 Å². The van der Waals surface area contributed by atoms with Crippen molar-refractivity contribution < 1.29 is 22.7 Å². The fraction of sp³-hybridized carbons (Fsp3) is 0.920. The van der Waals surface area contributed by atoms with Crippen LogP contribution in [0.4, 0.5) is 0 Å². The van der Waals surface area contributed by atoms with E-state index in [1.54, 1.807) is 18.3 Å². The third-order valence-electron chi connectivity index (χ3n) is 9.36. The standard InChI is InChI=1S/C25H41N3O5S/c1-16-15-26(25(30)18-5-6-18)22-13-19(7-9-21(22)28(16)17(2)29)20-8-10-24(33-3)23(14-20)27-11-4-12-34(27,31)32/h16,18-24H,4-15H2,1-3H3/t16-,19?,20?,21?,22?,23?,24?/m0/s1. The van der Waals surface area contributed by atoms with E-state index >= 15 is 0 Å². The maximum Gasteiger partial charge on any atom is 0.226 e. The van der Waals surface area contributed by atoms with E-state index in [0.717, 1.165) is 51.4 Å². The number of amides is 2. The normalized spacial score (nSPS) is 40.7. The minimum atomic E-state index is -3.19. The summed E-state index contributed by atoms with van der Waals surface area (Å²) in [5.74, 6) is 1.70. The Morgan fingerprint density at radius 2 is 1.59 bits per heavy atom. The Morgan fingerprint density at radius 3 is 2.18 bits per heavy atom. The van der Waals surface area contributed by atoms with Gasteiger partial charge in [-0.25, -0.2) is 8.42 Å². The van der Waals surface area contributed by atoms with Crippen LogP contribution in [0.25, 0.3) is 0 Å². The summed E-state index contributed by atoms with van der Waals surface area (Å²) in [6.07, 6.45) is 8.27. The third-order valence-corrected chi connectivity index (χ3v) is 11.3. The van der Waals surface area contributed by atoms with Crippen LogP contribution in [0.2, 0.25) is 0 Å².